The van der Waals surface area contributed by atoms with Crippen LogP contribution >= 0.6 is 23.4 Å². The molecule has 0 atom stereocenters. The number of carbonyl (C=O) groups is 1. The van der Waals surface area contributed by atoms with Crippen LogP contribution in [0.4, 0.5) is 10.5 Å². The van der Waals surface area contributed by atoms with Gasteiger partial charge in [0.2, 0.25) is 0 Å². The van der Waals surface area contributed by atoms with Gasteiger partial charge in [-0.15, -0.1) is 0 Å². The van der Waals surface area contributed by atoms with E-state index in [0.29, 0.717) is 10.2 Å². The molecule has 0 unspecified atom stereocenters. The number of hydrogen-bond donors (Lipinski definition) is 2. The molecule has 0 aliphatic carbocycles. The van der Waals surface area contributed by atoms with Gasteiger partial charge < -0.3 is 10.6 Å². The Hall–Kier alpha value is -1.20. The van der Waals surface area contributed by atoms with Crippen molar-refractivity contribution in [1.82, 2.24) is 5.32 Å². The van der Waals surface area contributed by atoms with Gasteiger partial charge in [0, 0.05) is 29.0 Å². The molecule has 0 radical (unpaired) electrons. The van der Waals surface area contributed by atoms with Gasteiger partial charge in [-0.1, -0.05) is 11.6 Å². The molecule has 1 aromatic rings. The van der Waals surface area contributed by atoms with Crippen LogP contribution in [0.2, 0.25) is 5.02 Å². The number of amides is 1. The van der Waals surface area contributed by atoms with Crippen LogP contribution in [0.5, 0.6) is 0 Å². The number of amidine groups is 1. The average Bonchev–Trinajstić information content (AvgIpc) is 2.74. The maximum absolute atomic E-state index is 11.6. The van der Waals surface area contributed by atoms with Crippen molar-refractivity contribution in [1.29, 1.82) is 0 Å². The first-order chi connectivity index (χ1) is 7.74. The van der Waals surface area contributed by atoms with Crippen molar-refractivity contribution >= 4 is 39.5 Å². The van der Waals surface area contributed by atoms with E-state index in [1.165, 1.54) is 0 Å². The van der Waals surface area contributed by atoms with Gasteiger partial charge in [-0.3, -0.25) is 9.79 Å². The highest BCUT2D eigenvalue weighted by Gasteiger charge is 2.11. The number of benzene rings is 1. The second kappa shape index (κ2) is 5.23. The summed E-state index contributed by atoms with van der Waals surface area (Å²) in [5.41, 5.74) is 0.723. The summed E-state index contributed by atoms with van der Waals surface area (Å²) in [4.78, 5) is 15.7. The summed E-state index contributed by atoms with van der Waals surface area (Å²) in [6, 6.07) is 6.97. The first-order valence-electron chi connectivity index (χ1n) is 4.77. The quantitative estimate of drug-likeness (QED) is 0.811. The number of halogens is 1. The highest BCUT2D eigenvalue weighted by molar-refractivity contribution is 8.26. The number of rotatable bonds is 1. The number of nitrogens with one attached hydrogen (secondary N) is 2. The first-order valence-corrected chi connectivity index (χ1v) is 5.96. The molecular formula is C10H10ClN3OS. The van der Waals surface area contributed by atoms with Crippen molar-refractivity contribution in [2.45, 2.75) is 0 Å². The van der Waals surface area contributed by atoms with E-state index in [9.17, 15) is 4.79 Å². The van der Waals surface area contributed by atoms with E-state index in [0.717, 1.165) is 30.5 Å². The van der Waals surface area contributed by atoms with Crippen LogP contribution in [0, 0.1) is 0 Å². The predicted molar refractivity (Wildman–Crippen MR) is 68.4 cm³/mol. The van der Waals surface area contributed by atoms with Crippen LogP contribution in [0.25, 0.3) is 0 Å². The Bertz CT molecular complexity index is 419. The molecule has 0 aromatic heterocycles. The molecule has 1 aliphatic rings. The third-order valence-corrected chi connectivity index (χ3v) is 2.93. The lowest BCUT2D eigenvalue weighted by atomic mass is 10.3. The zero-order chi connectivity index (χ0) is 11.4. The standard InChI is InChI=1S/C10H10ClN3OS/c11-7-1-3-8(4-2-7)14-10(15)16-9-12-5-6-13-9/h1-4H,5-6H2,(H,12,13)(H,14,15). The zero-order valence-corrected chi connectivity index (χ0v) is 9.94. The summed E-state index contributed by atoms with van der Waals surface area (Å²) in [5.74, 6) is 0. The van der Waals surface area contributed by atoms with Crippen molar-refractivity contribution in [2.24, 2.45) is 4.99 Å². The van der Waals surface area contributed by atoms with Gasteiger partial charge >= 0.3 is 0 Å². The van der Waals surface area contributed by atoms with E-state index in [1.807, 2.05) is 0 Å². The SMILES string of the molecule is O=C(Nc1ccc(Cl)cc1)SC1=NCCN1. The summed E-state index contributed by atoms with van der Waals surface area (Å²) in [7, 11) is 0. The van der Waals surface area contributed by atoms with Gasteiger partial charge in [0.05, 0.1) is 6.54 Å². The van der Waals surface area contributed by atoms with Gasteiger partial charge in [-0.2, -0.15) is 0 Å². The minimum Gasteiger partial charge on any atom is -0.363 e. The number of carbonyl (C=O) groups excluding carboxylic acids is 1. The molecule has 0 spiro atoms. The Balaban J connectivity index is 1.89. The summed E-state index contributed by atoms with van der Waals surface area (Å²) in [5, 5.41) is 6.92. The topological polar surface area (TPSA) is 53.5 Å². The highest BCUT2D eigenvalue weighted by Crippen LogP contribution is 2.16. The minimum absolute atomic E-state index is 0.157. The van der Waals surface area contributed by atoms with Gasteiger partial charge in [-0.05, 0) is 24.3 Å². The molecule has 1 aliphatic heterocycles. The van der Waals surface area contributed by atoms with Crippen molar-refractivity contribution in [3.63, 3.8) is 0 Å². The van der Waals surface area contributed by atoms with E-state index in [1.54, 1.807) is 24.3 Å². The third kappa shape index (κ3) is 3.15. The van der Waals surface area contributed by atoms with E-state index in [4.69, 9.17) is 11.6 Å². The Morgan fingerprint density at radius 3 is 2.81 bits per heavy atom. The third-order valence-electron chi connectivity index (χ3n) is 1.92. The smallest absolute Gasteiger partial charge is 0.291 e. The molecule has 0 saturated carbocycles. The number of anilines is 1. The molecule has 1 heterocycles. The van der Waals surface area contributed by atoms with Gasteiger partial charge in [-0.25, -0.2) is 0 Å². The Morgan fingerprint density at radius 2 is 2.19 bits per heavy atom. The maximum Gasteiger partial charge on any atom is 0.291 e. The van der Waals surface area contributed by atoms with Gasteiger partial charge in [0.15, 0.2) is 5.17 Å². The maximum atomic E-state index is 11.6. The molecule has 0 saturated heterocycles. The summed E-state index contributed by atoms with van der Waals surface area (Å²) in [6.07, 6.45) is 0. The fourth-order valence-corrected chi connectivity index (χ4v) is 2.01. The fraction of sp³-hybridized carbons (Fsp3) is 0.200. The van der Waals surface area contributed by atoms with Crippen LogP contribution in [-0.4, -0.2) is 23.5 Å². The largest absolute Gasteiger partial charge is 0.363 e. The van der Waals surface area contributed by atoms with E-state index >= 15 is 0 Å². The molecule has 2 rings (SSSR count). The van der Waals surface area contributed by atoms with Crippen LogP contribution in [0.15, 0.2) is 29.3 Å². The lowest BCUT2D eigenvalue weighted by Crippen LogP contribution is -2.18. The molecule has 16 heavy (non-hydrogen) atoms. The van der Waals surface area contributed by atoms with E-state index < -0.39 is 0 Å². The lowest BCUT2D eigenvalue weighted by Gasteiger charge is -2.04. The van der Waals surface area contributed by atoms with Gasteiger partial charge in [0.1, 0.15) is 0 Å². The number of thioether (sulfide) groups is 1. The molecule has 1 aromatic carbocycles. The van der Waals surface area contributed by atoms with Crippen molar-refractivity contribution in [2.75, 3.05) is 18.4 Å². The van der Waals surface area contributed by atoms with E-state index in [-0.39, 0.29) is 5.24 Å². The molecule has 1 amide bonds. The molecule has 0 fully saturated rings. The van der Waals surface area contributed by atoms with Crippen molar-refractivity contribution in [3.05, 3.63) is 29.3 Å². The monoisotopic (exact) mass is 255 g/mol. The molecular weight excluding hydrogens is 246 g/mol. The van der Waals surface area contributed by atoms with E-state index in [2.05, 4.69) is 15.6 Å². The second-order valence-corrected chi connectivity index (χ2v) is 4.53. The fourth-order valence-electron chi connectivity index (χ4n) is 1.21. The highest BCUT2D eigenvalue weighted by atomic mass is 35.5. The van der Waals surface area contributed by atoms with Crippen molar-refractivity contribution < 1.29 is 4.79 Å². The first kappa shape index (κ1) is 11.3. The van der Waals surface area contributed by atoms with Gasteiger partial charge in [0.25, 0.3) is 5.24 Å². The molecule has 6 heteroatoms. The number of aliphatic imine (C=N–C) groups is 1. The molecule has 2 N–H and O–H groups in total. The van der Waals surface area contributed by atoms with Crippen LogP contribution in [0.1, 0.15) is 0 Å². The lowest BCUT2D eigenvalue weighted by molar-refractivity contribution is 0.270. The Labute approximate surface area is 102 Å². The average molecular weight is 256 g/mol. The number of nitrogens with zero attached hydrogens (tertiary/aromatic N) is 1. The van der Waals surface area contributed by atoms with Crippen LogP contribution in [0.3, 0.4) is 0 Å². The zero-order valence-electron chi connectivity index (χ0n) is 8.37. The molecule has 0 bridgehead atoms. The summed E-state index contributed by atoms with van der Waals surface area (Å²) in [6.45, 7) is 1.53. The normalized spacial score (nSPS) is 14.2. The van der Waals surface area contributed by atoms with Crippen molar-refractivity contribution in [3.8, 4) is 0 Å². The molecule has 4 nitrogen and oxygen atoms in total. The minimum atomic E-state index is -0.157. The summed E-state index contributed by atoms with van der Waals surface area (Å²) < 4.78 is 0. The molecule has 84 valence electrons. The summed E-state index contributed by atoms with van der Waals surface area (Å²) >= 11 is 6.80. The predicted octanol–water partition coefficient (Wildman–Crippen LogP) is 2.56. The Kier molecular flexibility index (Phi) is 3.69. The van der Waals surface area contributed by atoms with Crippen LogP contribution < -0.4 is 10.6 Å². The Morgan fingerprint density at radius 1 is 1.44 bits per heavy atom. The van der Waals surface area contributed by atoms with Crippen LogP contribution in [-0.2, 0) is 0 Å². The second-order valence-electron chi connectivity index (χ2n) is 3.14. The number of hydrogen-bond acceptors (Lipinski definition) is 4.